The van der Waals surface area contributed by atoms with Gasteiger partial charge in [-0.1, -0.05) is 30.3 Å². The molecular formula is C19H22O3S. The van der Waals surface area contributed by atoms with Gasteiger partial charge in [-0.05, 0) is 54.7 Å². The number of hydrogen-bond acceptors (Lipinski definition) is 3. The number of carbonyl (C=O) groups excluding carboxylic acids is 1. The largest absolute Gasteiger partial charge is 0.489 e. The van der Waals surface area contributed by atoms with Crippen LogP contribution in [0.3, 0.4) is 0 Å². The molecule has 1 unspecified atom stereocenters. The molecule has 0 aliphatic heterocycles. The fourth-order valence-corrected chi connectivity index (χ4v) is 2.60. The standard InChI is InChI=1S/C19H22O3S/c1-13-5-3-6-14(2)17(13)12-22-16-8-4-7-15(11-16)18(20)9-10-19(21)23/h3-8,11,18,20H,9-10,12H2,1-2H3,(H,21,23). The number of hydrogen-bond donors (Lipinski definition) is 2. The smallest absolute Gasteiger partial charge is 0.186 e. The van der Waals surface area contributed by atoms with Crippen molar-refractivity contribution in [3.8, 4) is 5.75 Å². The third-order valence-electron chi connectivity index (χ3n) is 3.90. The molecule has 0 saturated heterocycles. The molecule has 1 N–H and O–H groups in total. The Morgan fingerprint density at radius 2 is 1.83 bits per heavy atom. The molecule has 0 amide bonds. The molecule has 0 spiro atoms. The maximum absolute atomic E-state index is 10.9. The van der Waals surface area contributed by atoms with Crippen molar-refractivity contribution in [1.29, 1.82) is 0 Å². The minimum Gasteiger partial charge on any atom is -0.489 e. The molecule has 0 bridgehead atoms. The van der Waals surface area contributed by atoms with Crippen LogP contribution >= 0.6 is 12.6 Å². The molecule has 4 heteroatoms. The van der Waals surface area contributed by atoms with Crippen molar-refractivity contribution < 1.29 is 14.6 Å². The molecule has 2 aromatic rings. The summed E-state index contributed by atoms with van der Waals surface area (Å²) in [7, 11) is 0. The first-order valence-electron chi connectivity index (χ1n) is 7.65. The van der Waals surface area contributed by atoms with E-state index in [4.69, 9.17) is 4.74 Å². The molecule has 0 saturated carbocycles. The first-order chi connectivity index (χ1) is 11.0. The van der Waals surface area contributed by atoms with Crippen LogP contribution in [-0.4, -0.2) is 10.2 Å². The van der Waals surface area contributed by atoms with Crippen LogP contribution in [0.5, 0.6) is 5.75 Å². The third kappa shape index (κ3) is 5.12. The Morgan fingerprint density at radius 1 is 1.17 bits per heavy atom. The number of aliphatic hydroxyl groups is 1. The van der Waals surface area contributed by atoms with Crippen LogP contribution in [0, 0.1) is 13.8 Å². The molecule has 1 atom stereocenters. The SMILES string of the molecule is Cc1cccc(C)c1COc1cccc(C(O)CCC(=O)S)c1. The Labute approximate surface area is 142 Å². The van der Waals surface area contributed by atoms with E-state index in [9.17, 15) is 9.90 Å². The fourth-order valence-electron chi connectivity index (χ4n) is 2.47. The van der Waals surface area contributed by atoms with Crippen LogP contribution in [0.25, 0.3) is 0 Å². The highest BCUT2D eigenvalue weighted by Crippen LogP contribution is 2.24. The van der Waals surface area contributed by atoms with Gasteiger partial charge in [0.2, 0.25) is 0 Å². The summed E-state index contributed by atoms with van der Waals surface area (Å²) in [6.45, 7) is 4.63. The van der Waals surface area contributed by atoms with Crippen LogP contribution < -0.4 is 4.74 Å². The molecule has 23 heavy (non-hydrogen) atoms. The molecule has 0 heterocycles. The van der Waals surface area contributed by atoms with Gasteiger partial charge in [-0.15, -0.1) is 12.6 Å². The van der Waals surface area contributed by atoms with Crippen molar-refractivity contribution in [1.82, 2.24) is 0 Å². The summed E-state index contributed by atoms with van der Waals surface area (Å²) >= 11 is 3.72. The van der Waals surface area contributed by atoms with Gasteiger partial charge in [-0.3, -0.25) is 4.79 Å². The van der Waals surface area contributed by atoms with Crippen molar-refractivity contribution in [3.63, 3.8) is 0 Å². The summed E-state index contributed by atoms with van der Waals surface area (Å²) in [5, 5.41) is 9.91. The van der Waals surface area contributed by atoms with Gasteiger partial charge in [-0.2, -0.15) is 0 Å². The van der Waals surface area contributed by atoms with Gasteiger partial charge in [0.05, 0.1) is 6.10 Å². The first kappa shape index (κ1) is 17.6. The lowest BCUT2D eigenvalue weighted by atomic mass is 10.0. The van der Waals surface area contributed by atoms with Gasteiger partial charge in [0.15, 0.2) is 5.12 Å². The molecule has 2 aromatic carbocycles. The number of aliphatic hydroxyl groups excluding tert-OH is 1. The Kier molecular flexibility index (Phi) is 6.25. The highest BCUT2D eigenvalue weighted by molar-refractivity contribution is 7.96. The van der Waals surface area contributed by atoms with Gasteiger partial charge in [-0.25, -0.2) is 0 Å². The van der Waals surface area contributed by atoms with Gasteiger partial charge in [0, 0.05) is 6.42 Å². The van der Waals surface area contributed by atoms with Gasteiger partial charge >= 0.3 is 0 Å². The summed E-state index contributed by atoms with van der Waals surface area (Å²) in [6, 6.07) is 13.5. The molecule has 0 fully saturated rings. The number of ether oxygens (including phenoxy) is 1. The van der Waals surface area contributed by atoms with E-state index in [-0.39, 0.29) is 11.5 Å². The van der Waals surface area contributed by atoms with E-state index in [1.54, 1.807) is 0 Å². The number of rotatable bonds is 7. The Bertz CT molecular complexity index is 662. The van der Waals surface area contributed by atoms with Crippen LogP contribution in [0.1, 0.15) is 41.2 Å². The van der Waals surface area contributed by atoms with Crippen LogP contribution in [0.15, 0.2) is 42.5 Å². The van der Waals surface area contributed by atoms with Crippen LogP contribution in [0.4, 0.5) is 0 Å². The quantitative estimate of drug-likeness (QED) is 0.750. The number of carbonyl (C=O) groups is 1. The van der Waals surface area contributed by atoms with Crippen LogP contribution in [-0.2, 0) is 11.4 Å². The average Bonchev–Trinajstić information content (AvgIpc) is 2.52. The topological polar surface area (TPSA) is 46.5 Å². The molecule has 122 valence electrons. The lowest BCUT2D eigenvalue weighted by molar-refractivity contribution is -0.111. The highest BCUT2D eigenvalue weighted by atomic mass is 32.1. The maximum atomic E-state index is 10.9. The summed E-state index contributed by atoms with van der Waals surface area (Å²) in [5.41, 5.74) is 4.33. The summed E-state index contributed by atoms with van der Waals surface area (Å²) in [5.74, 6) is 0.710. The third-order valence-corrected chi connectivity index (χ3v) is 4.13. The molecule has 2 rings (SSSR count). The minimum atomic E-state index is -0.685. The lowest BCUT2D eigenvalue weighted by Gasteiger charge is -2.14. The predicted octanol–water partition coefficient (Wildman–Crippen LogP) is 4.15. The van der Waals surface area contributed by atoms with Crippen LogP contribution in [0.2, 0.25) is 0 Å². The van der Waals surface area contributed by atoms with Crippen molar-refractivity contribution in [2.24, 2.45) is 0 Å². The average molecular weight is 330 g/mol. The minimum absolute atomic E-state index is 0.216. The number of benzene rings is 2. The second-order valence-electron chi connectivity index (χ2n) is 5.68. The van der Waals surface area contributed by atoms with E-state index in [0.29, 0.717) is 18.8 Å². The Hall–Kier alpha value is -1.78. The number of thiol groups is 1. The molecule has 0 aromatic heterocycles. The maximum Gasteiger partial charge on any atom is 0.186 e. The Balaban J connectivity index is 2.04. The monoisotopic (exact) mass is 330 g/mol. The van der Waals surface area contributed by atoms with E-state index >= 15 is 0 Å². The summed E-state index contributed by atoms with van der Waals surface area (Å²) < 4.78 is 5.88. The van der Waals surface area contributed by atoms with E-state index in [1.165, 1.54) is 16.7 Å². The van der Waals surface area contributed by atoms with E-state index in [0.717, 1.165) is 5.56 Å². The van der Waals surface area contributed by atoms with E-state index in [2.05, 4.69) is 38.6 Å². The zero-order chi connectivity index (χ0) is 16.8. The van der Waals surface area contributed by atoms with Gasteiger partial charge in [0.1, 0.15) is 12.4 Å². The zero-order valence-corrected chi connectivity index (χ0v) is 14.3. The van der Waals surface area contributed by atoms with Crippen molar-refractivity contribution in [3.05, 3.63) is 64.7 Å². The van der Waals surface area contributed by atoms with Crippen molar-refractivity contribution in [2.75, 3.05) is 0 Å². The highest BCUT2D eigenvalue weighted by Gasteiger charge is 2.10. The second-order valence-corrected chi connectivity index (χ2v) is 6.18. The summed E-state index contributed by atoms with van der Waals surface area (Å²) in [6.07, 6.45) is -0.0738. The summed E-state index contributed by atoms with van der Waals surface area (Å²) in [4.78, 5) is 10.9. The van der Waals surface area contributed by atoms with E-state index in [1.807, 2.05) is 30.3 Å². The Morgan fingerprint density at radius 3 is 2.48 bits per heavy atom. The van der Waals surface area contributed by atoms with Crippen molar-refractivity contribution >= 4 is 17.7 Å². The normalized spacial score (nSPS) is 12.0. The second kappa shape index (κ2) is 8.18. The molecule has 0 aliphatic rings. The molecule has 0 radical (unpaired) electrons. The first-order valence-corrected chi connectivity index (χ1v) is 8.10. The fraction of sp³-hybridized carbons (Fsp3) is 0.316. The predicted molar refractivity (Wildman–Crippen MR) is 94.9 cm³/mol. The lowest BCUT2D eigenvalue weighted by Crippen LogP contribution is -2.03. The van der Waals surface area contributed by atoms with Gasteiger partial charge < -0.3 is 9.84 Å². The van der Waals surface area contributed by atoms with Crippen molar-refractivity contribution in [2.45, 2.75) is 39.4 Å². The molecular weight excluding hydrogens is 308 g/mol. The van der Waals surface area contributed by atoms with E-state index < -0.39 is 6.10 Å². The molecule has 3 nitrogen and oxygen atoms in total. The van der Waals surface area contributed by atoms with Gasteiger partial charge in [0.25, 0.3) is 0 Å². The zero-order valence-electron chi connectivity index (χ0n) is 13.5. The molecule has 0 aliphatic carbocycles. The number of aryl methyl sites for hydroxylation is 2.